The molecule has 0 fully saturated rings. The van der Waals surface area contributed by atoms with Gasteiger partial charge in [0.1, 0.15) is 10.8 Å². The fourth-order valence-corrected chi connectivity index (χ4v) is 7.01. The molecule has 0 saturated heterocycles. The summed E-state index contributed by atoms with van der Waals surface area (Å²) in [5.41, 5.74) is 7.03. The number of aromatic nitrogens is 2. The Morgan fingerprint density at radius 2 is 1.63 bits per heavy atom. The van der Waals surface area contributed by atoms with Gasteiger partial charge in [0, 0.05) is 35.1 Å². The van der Waals surface area contributed by atoms with Crippen LogP contribution in [0.2, 0.25) is 5.15 Å². The molecule has 3 aromatic carbocycles. The second kappa shape index (κ2) is 11.0. The molecule has 2 aliphatic rings. The Bertz CT molecular complexity index is 1420. The van der Waals surface area contributed by atoms with E-state index in [0.717, 1.165) is 45.6 Å². The molecular formula is C30H27BrClN3O2S. The largest absolute Gasteiger partial charge is 0.373 e. The zero-order valence-electron chi connectivity index (χ0n) is 21.0. The quantitative estimate of drug-likeness (QED) is 0.130. The third kappa shape index (κ3) is 4.98. The predicted molar refractivity (Wildman–Crippen MR) is 156 cm³/mol. The highest BCUT2D eigenvalue weighted by molar-refractivity contribution is 9.10. The minimum absolute atomic E-state index is 0.347. The van der Waals surface area contributed by atoms with Crippen LogP contribution in [0.25, 0.3) is 0 Å². The van der Waals surface area contributed by atoms with Crippen LogP contribution in [-0.2, 0) is 47.8 Å². The summed E-state index contributed by atoms with van der Waals surface area (Å²) in [5, 5.41) is 1.14. The molecule has 194 valence electrons. The maximum absolute atomic E-state index is 6.62. The van der Waals surface area contributed by atoms with Crippen molar-refractivity contribution in [1.82, 2.24) is 9.97 Å². The third-order valence-electron chi connectivity index (χ3n) is 7.18. The first kappa shape index (κ1) is 25.8. The number of anilines is 1. The average molecular weight is 609 g/mol. The van der Waals surface area contributed by atoms with Crippen molar-refractivity contribution in [3.63, 3.8) is 0 Å². The van der Waals surface area contributed by atoms with Crippen molar-refractivity contribution in [1.29, 1.82) is 0 Å². The maximum atomic E-state index is 6.62. The summed E-state index contributed by atoms with van der Waals surface area (Å²) in [4.78, 5) is 11.6. The lowest BCUT2D eigenvalue weighted by Gasteiger charge is -2.43. The van der Waals surface area contributed by atoms with Crippen molar-refractivity contribution in [3.8, 4) is 0 Å². The number of benzene rings is 3. The lowest BCUT2D eigenvalue weighted by atomic mass is 9.82. The minimum Gasteiger partial charge on any atom is -0.373 e. The molecule has 0 saturated carbocycles. The third-order valence-corrected chi connectivity index (χ3v) is 8.84. The van der Waals surface area contributed by atoms with Crippen molar-refractivity contribution in [3.05, 3.63) is 116 Å². The molecule has 1 aromatic heterocycles. The summed E-state index contributed by atoms with van der Waals surface area (Å²) in [6, 6.07) is 25.5. The first-order chi connectivity index (χ1) is 18.6. The molecule has 0 N–H and O–H groups in total. The molecule has 0 bridgehead atoms. The standard InChI is InChI=1S/C30H27BrClN3O2S/c1-38-29-33-24-14-30(37-18-23(24)28(32)34-29)19-36-17-22-12-13-25(27(31)26(22)30)35(15-20-8-4-2-5-9-20)16-21-10-6-3-7-11-21/h2-13H,14-19H2,1H3. The molecular weight excluding hydrogens is 582 g/mol. The number of halogens is 2. The van der Waals surface area contributed by atoms with E-state index in [0.29, 0.717) is 36.6 Å². The van der Waals surface area contributed by atoms with E-state index in [9.17, 15) is 0 Å². The van der Waals surface area contributed by atoms with Crippen LogP contribution in [0, 0.1) is 0 Å². The van der Waals surface area contributed by atoms with E-state index in [1.807, 2.05) is 6.26 Å². The highest BCUT2D eigenvalue weighted by atomic mass is 79.9. The van der Waals surface area contributed by atoms with Crippen LogP contribution >= 0.6 is 39.3 Å². The van der Waals surface area contributed by atoms with Crippen molar-refractivity contribution in [2.45, 2.75) is 43.5 Å². The second-order valence-electron chi connectivity index (χ2n) is 9.64. The van der Waals surface area contributed by atoms with Crippen molar-refractivity contribution in [2.75, 3.05) is 17.8 Å². The molecule has 1 spiro atoms. The maximum Gasteiger partial charge on any atom is 0.188 e. The molecule has 1 unspecified atom stereocenters. The SMILES string of the molecule is CSc1nc(Cl)c2c(n1)CC1(COCc3ccc(N(Cc4ccccc4)Cc4ccccc4)c(Br)c31)OC2. The van der Waals surface area contributed by atoms with Crippen LogP contribution in [0.5, 0.6) is 0 Å². The molecule has 6 rings (SSSR count). The van der Waals surface area contributed by atoms with E-state index < -0.39 is 5.60 Å². The Balaban J connectivity index is 1.43. The molecule has 5 nitrogen and oxygen atoms in total. The van der Waals surface area contributed by atoms with Gasteiger partial charge in [-0.05, 0) is 44.9 Å². The molecule has 38 heavy (non-hydrogen) atoms. The lowest BCUT2D eigenvalue weighted by molar-refractivity contribution is -0.137. The molecule has 8 heteroatoms. The normalized spacial score (nSPS) is 18.2. The van der Waals surface area contributed by atoms with E-state index in [1.54, 1.807) is 0 Å². The zero-order chi connectivity index (χ0) is 26.1. The molecule has 0 aliphatic carbocycles. The fraction of sp³-hybridized carbons (Fsp3) is 0.267. The Kier molecular flexibility index (Phi) is 7.47. The molecule has 3 heterocycles. The smallest absolute Gasteiger partial charge is 0.188 e. The van der Waals surface area contributed by atoms with Gasteiger partial charge in [-0.1, -0.05) is 90.1 Å². The molecule has 0 amide bonds. The van der Waals surface area contributed by atoms with Crippen molar-refractivity contribution >= 4 is 45.0 Å². The number of thioether (sulfide) groups is 1. The first-order valence-corrected chi connectivity index (χ1v) is 14.9. The van der Waals surface area contributed by atoms with Gasteiger partial charge < -0.3 is 14.4 Å². The summed E-state index contributed by atoms with van der Waals surface area (Å²) < 4.78 is 13.8. The van der Waals surface area contributed by atoms with Crippen LogP contribution in [0.15, 0.2) is 82.4 Å². The minimum atomic E-state index is -0.659. The van der Waals surface area contributed by atoms with Crippen LogP contribution in [0.1, 0.15) is 33.5 Å². The highest BCUT2D eigenvalue weighted by Crippen LogP contribution is 2.48. The van der Waals surface area contributed by atoms with Gasteiger partial charge in [-0.25, -0.2) is 9.97 Å². The van der Waals surface area contributed by atoms with Crippen molar-refractivity contribution < 1.29 is 9.47 Å². The van der Waals surface area contributed by atoms with Crippen LogP contribution in [0.4, 0.5) is 5.69 Å². The number of nitrogens with zero attached hydrogens (tertiary/aromatic N) is 3. The first-order valence-electron chi connectivity index (χ1n) is 12.5. The summed E-state index contributed by atoms with van der Waals surface area (Å²) in [6.07, 6.45) is 2.54. The van der Waals surface area contributed by atoms with Gasteiger partial charge in [0.05, 0.1) is 31.2 Å². The lowest BCUT2D eigenvalue weighted by Crippen LogP contribution is -2.44. The molecule has 2 aliphatic heterocycles. The topological polar surface area (TPSA) is 47.5 Å². The van der Waals surface area contributed by atoms with E-state index >= 15 is 0 Å². The summed E-state index contributed by atoms with van der Waals surface area (Å²) in [7, 11) is 0. The van der Waals surface area contributed by atoms with Crippen LogP contribution < -0.4 is 4.90 Å². The van der Waals surface area contributed by atoms with E-state index in [-0.39, 0.29) is 0 Å². The average Bonchev–Trinajstić information content (AvgIpc) is 2.94. The number of fused-ring (bicyclic) bond motifs is 3. The van der Waals surface area contributed by atoms with Gasteiger partial charge in [0.15, 0.2) is 5.16 Å². The van der Waals surface area contributed by atoms with E-state index in [1.165, 1.54) is 22.9 Å². The van der Waals surface area contributed by atoms with Gasteiger partial charge in [0.2, 0.25) is 0 Å². The molecule has 1 atom stereocenters. The summed E-state index contributed by atoms with van der Waals surface area (Å²) in [6.45, 7) is 2.90. The molecule has 0 radical (unpaired) electrons. The van der Waals surface area contributed by atoms with Gasteiger partial charge in [0.25, 0.3) is 0 Å². The fourth-order valence-electron chi connectivity index (χ4n) is 5.34. The molecule has 4 aromatic rings. The van der Waals surface area contributed by atoms with Crippen molar-refractivity contribution in [2.24, 2.45) is 0 Å². The Hall–Kier alpha value is -2.42. The zero-order valence-corrected chi connectivity index (χ0v) is 24.2. The monoisotopic (exact) mass is 607 g/mol. The second-order valence-corrected chi connectivity index (χ2v) is 11.6. The Morgan fingerprint density at radius 3 is 2.29 bits per heavy atom. The number of ether oxygens (including phenoxy) is 2. The van der Waals surface area contributed by atoms with Gasteiger partial charge >= 0.3 is 0 Å². The summed E-state index contributed by atoms with van der Waals surface area (Å²) in [5.74, 6) is 0. The Morgan fingerprint density at radius 1 is 0.947 bits per heavy atom. The van der Waals surface area contributed by atoms with Gasteiger partial charge in [-0.3, -0.25) is 0 Å². The number of rotatable bonds is 6. The predicted octanol–water partition coefficient (Wildman–Crippen LogP) is 7.32. The number of hydrogen-bond donors (Lipinski definition) is 0. The number of hydrogen-bond acceptors (Lipinski definition) is 6. The van der Waals surface area contributed by atoms with Crippen LogP contribution in [-0.4, -0.2) is 22.8 Å². The van der Waals surface area contributed by atoms with E-state index in [4.69, 9.17) is 26.1 Å². The highest BCUT2D eigenvalue weighted by Gasteiger charge is 2.45. The van der Waals surface area contributed by atoms with E-state index in [2.05, 4.69) is 98.6 Å². The van der Waals surface area contributed by atoms with Gasteiger partial charge in [-0.15, -0.1) is 0 Å². The van der Waals surface area contributed by atoms with Crippen LogP contribution in [0.3, 0.4) is 0 Å². The summed E-state index contributed by atoms with van der Waals surface area (Å²) >= 11 is 12.1. The Labute approximate surface area is 240 Å². The van der Waals surface area contributed by atoms with Gasteiger partial charge in [-0.2, -0.15) is 0 Å².